The van der Waals surface area contributed by atoms with Crippen molar-refractivity contribution < 1.29 is 9.53 Å². The van der Waals surface area contributed by atoms with Gasteiger partial charge in [0.05, 0.1) is 12.8 Å². The van der Waals surface area contributed by atoms with Gasteiger partial charge in [0.15, 0.2) is 5.82 Å². The number of anilines is 2. The minimum Gasteiger partial charge on any atom is -0.497 e. The van der Waals surface area contributed by atoms with Gasteiger partial charge in [0.25, 0.3) is 0 Å². The fraction of sp³-hybridized carbons (Fsp3) is 0.320. The van der Waals surface area contributed by atoms with E-state index in [1.165, 1.54) is 12.8 Å². The van der Waals surface area contributed by atoms with Crippen molar-refractivity contribution >= 4 is 17.4 Å². The number of amides is 1. The molecule has 2 unspecified atom stereocenters. The maximum atomic E-state index is 12.9. The second-order valence-corrected chi connectivity index (χ2v) is 8.45. The van der Waals surface area contributed by atoms with Gasteiger partial charge >= 0.3 is 0 Å². The predicted octanol–water partition coefficient (Wildman–Crippen LogP) is 3.30. The second-order valence-electron chi connectivity index (χ2n) is 8.45. The number of ether oxygens (including phenoxy) is 1. The van der Waals surface area contributed by atoms with Gasteiger partial charge < -0.3 is 15.0 Å². The van der Waals surface area contributed by atoms with Crippen LogP contribution in [0.5, 0.6) is 5.75 Å². The quantitative estimate of drug-likeness (QED) is 0.537. The molecule has 2 aliphatic rings. The summed E-state index contributed by atoms with van der Waals surface area (Å²) < 4.78 is 5.31. The smallest absolute Gasteiger partial charge is 0.242 e. The van der Waals surface area contributed by atoms with Crippen LogP contribution in [0, 0.1) is 0 Å². The van der Waals surface area contributed by atoms with Gasteiger partial charge in [-0.25, -0.2) is 10.9 Å². The molecule has 2 fully saturated rings. The molecule has 5 rings (SSSR count). The van der Waals surface area contributed by atoms with Crippen LogP contribution in [0.15, 0.2) is 60.7 Å². The maximum absolute atomic E-state index is 12.9. The van der Waals surface area contributed by atoms with Crippen molar-refractivity contribution in [2.75, 3.05) is 30.4 Å². The molecule has 0 spiro atoms. The molecule has 0 aliphatic carbocycles. The lowest BCUT2D eigenvalue weighted by Crippen LogP contribution is -2.39. The number of methoxy groups -OCH3 is 1. The lowest BCUT2D eigenvalue weighted by Gasteiger charge is -2.15. The van der Waals surface area contributed by atoms with E-state index < -0.39 is 0 Å². The topological polar surface area (TPSA) is 91.4 Å². The number of benzene rings is 2. The molecule has 3 N–H and O–H groups in total. The van der Waals surface area contributed by atoms with E-state index >= 15 is 0 Å². The van der Waals surface area contributed by atoms with Crippen molar-refractivity contribution in [1.82, 2.24) is 21.0 Å². The van der Waals surface area contributed by atoms with Gasteiger partial charge in [-0.1, -0.05) is 24.3 Å². The molecule has 0 bridgehead atoms. The van der Waals surface area contributed by atoms with Crippen LogP contribution in [-0.2, 0) is 4.79 Å². The molecule has 2 aliphatic heterocycles. The zero-order valence-electron chi connectivity index (χ0n) is 18.6. The zero-order valence-corrected chi connectivity index (χ0v) is 18.6. The monoisotopic (exact) mass is 444 g/mol. The van der Waals surface area contributed by atoms with Crippen LogP contribution in [0.1, 0.15) is 30.9 Å². The summed E-state index contributed by atoms with van der Waals surface area (Å²) in [6, 6.07) is 19.3. The Morgan fingerprint density at radius 2 is 1.88 bits per heavy atom. The van der Waals surface area contributed by atoms with Gasteiger partial charge in [-0.15, -0.1) is 10.2 Å². The third-order valence-corrected chi connectivity index (χ3v) is 6.22. The Balaban J connectivity index is 1.23. The van der Waals surface area contributed by atoms with Gasteiger partial charge in [0.1, 0.15) is 11.8 Å². The molecule has 8 nitrogen and oxygen atoms in total. The van der Waals surface area contributed by atoms with E-state index in [-0.39, 0.29) is 18.0 Å². The normalized spacial score (nSPS) is 20.1. The van der Waals surface area contributed by atoms with Gasteiger partial charge in [-0.2, -0.15) is 0 Å². The van der Waals surface area contributed by atoms with Crippen molar-refractivity contribution in [3.8, 4) is 17.0 Å². The van der Waals surface area contributed by atoms with E-state index in [9.17, 15) is 4.79 Å². The molecule has 1 aromatic heterocycles. The first-order valence-electron chi connectivity index (χ1n) is 11.3. The van der Waals surface area contributed by atoms with Crippen LogP contribution in [0.2, 0.25) is 0 Å². The van der Waals surface area contributed by atoms with E-state index in [1.807, 2.05) is 60.7 Å². The van der Waals surface area contributed by atoms with E-state index in [4.69, 9.17) is 4.74 Å². The summed E-state index contributed by atoms with van der Waals surface area (Å²) in [5.41, 5.74) is 9.84. The lowest BCUT2D eigenvalue weighted by molar-refractivity contribution is -0.117. The molecule has 33 heavy (non-hydrogen) atoms. The SMILES string of the molecule is COc1cccc(C2CC(C(=O)Nc3cccc(-c4ccc(N5CCCC5)nn4)c3)NN2)c1. The Labute approximate surface area is 193 Å². The van der Waals surface area contributed by atoms with E-state index in [2.05, 4.69) is 31.3 Å². The van der Waals surface area contributed by atoms with Crippen LogP contribution in [0.25, 0.3) is 11.3 Å². The first kappa shape index (κ1) is 21.4. The summed E-state index contributed by atoms with van der Waals surface area (Å²) in [6.45, 7) is 2.08. The highest BCUT2D eigenvalue weighted by atomic mass is 16.5. The van der Waals surface area contributed by atoms with E-state index in [1.54, 1.807) is 7.11 Å². The highest BCUT2D eigenvalue weighted by molar-refractivity contribution is 5.95. The number of aromatic nitrogens is 2. The van der Waals surface area contributed by atoms with Gasteiger partial charge in [-0.3, -0.25) is 4.79 Å². The number of carbonyl (C=O) groups excluding carboxylic acids is 1. The van der Waals surface area contributed by atoms with Crippen molar-refractivity contribution in [3.05, 3.63) is 66.2 Å². The minimum atomic E-state index is -0.343. The summed E-state index contributed by atoms with van der Waals surface area (Å²) in [5, 5.41) is 11.8. The van der Waals surface area contributed by atoms with Crippen LogP contribution in [0.4, 0.5) is 11.5 Å². The molecule has 3 heterocycles. The van der Waals surface area contributed by atoms with E-state index in [0.29, 0.717) is 6.42 Å². The average Bonchev–Trinajstić information content (AvgIpc) is 3.57. The first-order chi connectivity index (χ1) is 16.2. The fourth-order valence-electron chi connectivity index (χ4n) is 4.38. The lowest BCUT2D eigenvalue weighted by atomic mass is 10.0. The highest BCUT2D eigenvalue weighted by Gasteiger charge is 2.30. The van der Waals surface area contributed by atoms with Crippen molar-refractivity contribution in [2.45, 2.75) is 31.3 Å². The number of nitrogens with one attached hydrogen (secondary N) is 3. The molecule has 3 aromatic rings. The Hall–Kier alpha value is -3.49. The maximum Gasteiger partial charge on any atom is 0.242 e. The predicted molar refractivity (Wildman–Crippen MR) is 128 cm³/mol. The van der Waals surface area contributed by atoms with Crippen molar-refractivity contribution in [2.24, 2.45) is 0 Å². The summed E-state index contributed by atoms with van der Waals surface area (Å²) in [4.78, 5) is 15.1. The van der Waals surface area contributed by atoms with Gasteiger partial charge in [0, 0.05) is 30.4 Å². The van der Waals surface area contributed by atoms with Crippen LogP contribution >= 0.6 is 0 Å². The average molecular weight is 445 g/mol. The number of nitrogens with zero attached hydrogens (tertiary/aromatic N) is 3. The Morgan fingerprint density at radius 1 is 1.03 bits per heavy atom. The van der Waals surface area contributed by atoms with E-state index in [0.717, 1.165) is 47.2 Å². The highest BCUT2D eigenvalue weighted by Crippen LogP contribution is 2.27. The molecule has 1 amide bonds. The molecule has 8 heteroatoms. The van der Waals surface area contributed by atoms with Gasteiger partial charge in [0.2, 0.25) is 5.91 Å². The Morgan fingerprint density at radius 3 is 2.67 bits per heavy atom. The number of carbonyl (C=O) groups is 1. The fourth-order valence-corrected chi connectivity index (χ4v) is 4.38. The molecule has 0 radical (unpaired) electrons. The summed E-state index contributed by atoms with van der Waals surface area (Å²) in [6.07, 6.45) is 3.05. The molecule has 2 aromatic carbocycles. The molecule has 2 saturated heterocycles. The van der Waals surface area contributed by atoms with Gasteiger partial charge in [-0.05, 0) is 61.2 Å². The third-order valence-electron chi connectivity index (χ3n) is 6.22. The van der Waals surface area contributed by atoms with Crippen LogP contribution in [-0.4, -0.2) is 42.3 Å². The molecule has 2 atom stereocenters. The minimum absolute atomic E-state index is 0.0339. The summed E-state index contributed by atoms with van der Waals surface area (Å²) in [5.74, 6) is 1.64. The van der Waals surface area contributed by atoms with Crippen LogP contribution in [0.3, 0.4) is 0 Å². The number of hydrogen-bond donors (Lipinski definition) is 3. The number of rotatable bonds is 6. The molecule has 0 saturated carbocycles. The van der Waals surface area contributed by atoms with Crippen molar-refractivity contribution in [3.63, 3.8) is 0 Å². The number of hydrazine groups is 1. The molecular formula is C25H28N6O2. The standard InChI is InChI=1S/C25H28N6O2/c1-33-20-9-5-7-18(15-20)22-16-23(29-28-22)25(32)26-19-8-4-6-17(14-19)21-10-11-24(30-27-21)31-12-2-3-13-31/h4-11,14-15,22-23,28-29H,2-3,12-13,16H2,1H3,(H,26,32). The largest absolute Gasteiger partial charge is 0.497 e. The Kier molecular flexibility index (Phi) is 6.19. The van der Waals surface area contributed by atoms with Crippen molar-refractivity contribution in [1.29, 1.82) is 0 Å². The second kappa shape index (κ2) is 9.56. The summed E-state index contributed by atoms with van der Waals surface area (Å²) in [7, 11) is 1.65. The number of hydrogen-bond acceptors (Lipinski definition) is 7. The Bertz CT molecular complexity index is 1110. The third kappa shape index (κ3) is 4.81. The molecular weight excluding hydrogens is 416 g/mol. The first-order valence-corrected chi connectivity index (χ1v) is 11.3. The summed E-state index contributed by atoms with van der Waals surface area (Å²) >= 11 is 0. The zero-order chi connectivity index (χ0) is 22.6. The molecule has 170 valence electrons. The van der Waals surface area contributed by atoms with Crippen LogP contribution < -0.4 is 25.8 Å².